The van der Waals surface area contributed by atoms with Crippen LogP contribution in [0.3, 0.4) is 0 Å². The molecule has 2 aromatic carbocycles. The van der Waals surface area contributed by atoms with Crippen LogP contribution < -0.4 is 4.90 Å². The van der Waals surface area contributed by atoms with E-state index in [2.05, 4.69) is 6.58 Å². The van der Waals surface area contributed by atoms with Crippen molar-refractivity contribution in [3.8, 4) is 0 Å². The lowest BCUT2D eigenvalue weighted by atomic mass is 10.1. The van der Waals surface area contributed by atoms with Gasteiger partial charge in [0.15, 0.2) is 0 Å². The number of ether oxygens (including phenoxy) is 2. The van der Waals surface area contributed by atoms with Gasteiger partial charge in [-0.05, 0) is 30.2 Å². The quantitative estimate of drug-likeness (QED) is 0.722. The van der Waals surface area contributed by atoms with Crippen molar-refractivity contribution in [2.45, 2.75) is 13.0 Å². The minimum Gasteiger partial charge on any atom is -0.497 e. The molecule has 6 heteroatoms. The van der Waals surface area contributed by atoms with Crippen molar-refractivity contribution in [2.24, 2.45) is 0 Å². The Morgan fingerprint density at radius 2 is 2.00 bits per heavy atom. The first kappa shape index (κ1) is 19.9. The summed E-state index contributed by atoms with van der Waals surface area (Å²) in [5, 5.41) is 0. The Hall–Kier alpha value is -2.86. The van der Waals surface area contributed by atoms with E-state index in [0.717, 1.165) is 17.5 Å². The first-order chi connectivity index (χ1) is 13.6. The van der Waals surface area contributed by atoms with E-state index in [9.17, 15) is 9.18 Å². The van der Waals surface area contributed by atoms with Crippen molar-refractivity contribution in [3.05, 3.63) is 72.1 Å². The molecule has 0 aliphatic carbocycles. The first-order valence-electron chi connectivity index (χ1n) is 9.30. The summed E-state index contributed by atoms with van der Waals surface area (Å²) in [7, 11) is 1.57. The van der Waals surface area contributed by atoms with E-state index >= 15 is 0 Å². The molecule has 5 nitrogen and oxygen atoms in total. The Kier molecular flexibility index (Phi) is 6.66. The van der Waals surface area contributed by atoms with Gasteiger partial charge in [-0.15, -0.1) is 0 Å². The molecule has 0 atom stereocenters. The summed E-state index contributed by atoms with van der Waals surface area (Å²) >= 11 is 0. The van der Waals surface area contributed by atoms with Crippen molar-refractivity contribution in [3.63, 3.8) is 0 Å². The summed E-state index contributed by atoms with van der Waals surface area (Å²) in [6.07, 6.45) is 0.788. The Labute approximate surface area is 165 Å². The fraction of sp³-hybridized carbons (Fsp3) is 0.318. The van der Waals surface area contributed by atoms with Crippen LogP contribution in [0.25, 0.3) is 5.76 Å². The Bertz CT molecular complexity index is 815. The number of methoxy groups -OCH3 is 1. The van der Waals surface area contributed by atoms with E-state index in [-0.39, 0.29) is 11.8 Å². The van der Waals surface area contributed by atoms with Gasteiger partial charge in [0.25, 0.3) is 0 Å². The van der Waals surface area contributed by atoms with Gasteiger partial charge in [0, 0.05) is 30.9 Å². The molecule has 1 aliphatic rings. The highest BCUT2D eigenvalue weighted by Gasteiger charge is 2.24. The SMILES string of the molecule is C=C(OC)c1ccc(CN(C(=O)N2CCCOCC2)c2cccc(F)c2)cc1. The van der Waals surface area contributed by atoms with Crippen LogP contribution in [0.1, 0.15) is 17.5 Å². The molecule has 1 fully saturated rings. The van der Waals surface area contributed by atoms with E-state index in [0.29, 0.717) is 44.3 Å². The monoisotopic (exact) mass is 384 g/mol. The molecule has 0 N–H and O–H groups in total. The molecule has 0 unspecified atom stereocenters. The van der Waals surface area contributed by atoms with E-state index in [4.69, 9.17) is 9.47 Å². The molecule has 28 heavy (non-hydrogen) atoms. The number of rotatable bonds is 5. The van der Waals surface area contributed by atoms with E-state index in [1.54, 1.807) is 29.0 Å². The predicted octanol–water partition coefficient (Wildman–Crippen LogP) is 4.29. The number of nitrogens with zero attached hydrogens (tertiary/aromatic N) is 2. The smallest absolute Gasteiger partial charge is 0.324 e. The zero-order valence-corrected chi connectivity index (χ0v) is 16.1. The highest BCUT2D eigenvalue weighted by atomic mass is 19.1. The molecule has 2 aromatic rings. The van der Waals surface area contributed by atoms with Gasteiger partial charge in [-0.1, -0.05) is 36.9 Å². The van der Waals surface area contributed by atoms with Crippen molar-refractivity contribution >= 4 is 17.5 Å². The number of urea groups is 1. The van der Waals surface area contributed by atoms with Crippen molar-refractivity contribution < 1.29 is 18.7 Å². The zero-order valence-electron chi connectivity index (χ0n) is 16.1. The second-order valence-electron chi connectivity index (χ2n) is 6.63. The summed E-state index contributed by atoms with van der Waals surface area (Å²) < 4.78 is 24.4. The molecule has 0 bridgehead atoms. The largest absolute Gasteiger partial charge is 0.497 e. The number of hydrogen-bond acceptors (Lipinski definition) is 3. The fourth-order valence-corrected chi connectivity index (χ4v) is 3.12. The van der Waals surface area contributed by atoms with Gasteiger partial charge in [-0.3, -0.25) is 4.90 Å². The highest BCUT2D eigenvalue weighted by molar-refractivity contribution is 5.92. The van der Waals surface area contributed by atoms with Gasteiger partial charge in [-0.25, -0.2) is 9.18 Å². The van der Waals surface area contributed by atoms with Gasteiger partial charge >= 0.3 is 6.03 Å². The molecule has 1 aliphatic heterocycles. The third kappa shape index (κ3) is 4.89. The van der Waals surface area contributed by atoms with Gasteiger partial charge in [0.1, 0.15) is 11.6 Å². The molecule has 0 aromatic heterocycles. The van der Waals surface area contributed by atoms with Gasteiger partial charge in [-0.2, -0.15) is 0 Å². The molecule has 3 rings (SSSR count). The lowest BCUT2D eigenvalue weighted by Crippen LogP contribution is -2.44. The van der Waals surface area contributed by atoms with Gasteiger partial charge < -0.3 is 14.4 Å². The predicted molar refractivity (Wildman–Crippen MR) is 107 cm³/mol. The zero-order chi connectivity index (χ0) is 19.9. The van der Waals surface area contributed by atoms with Gasteiger partial charge in [0.05, 0.1) is 20.3 Å². The van der Waals surface area contributed by atoms with Crippen LogP contribution in [0.5, 0.6) is 0 Å². The normalized spacial score (nSPS) is 14.3. The molecular weight excluding hydrogens is 359 g/mol. The number of amides is 2. The van der Waals surface area contributed by atoms with Crippen LogP contribution in [0.2, 0.25) is 0 Å². The summed E-state index contributed by atoms with van der Waals surface area (Å²) in [5.74, 6) is 0.204. The van der Waals surface area contributed by atoms with Crippen LogP contribution in [-0.2, 0) is 16.0 Å². The van der Waals surface area contributed by atoms with E-state index in [1.165, 1.54) is 12.1 Å². The molecule has 1 heterocycles. The summed E-state index contributed by atoms with van der Waals surface area (Å²) in [6.45, 7) is 6.48. The lowest BCUT2D eigenvalue weighted by molar-refractivity contribution is 0.143. The maximum Gasteiger partial charge on any atom is 0.324 e. The van der Waals surface area contributed by atoms with E-state index in [1.807, 2.05) is 24.3 Å². The minimum absolute atomic E-state index is 0.151. The minimum atomic E-state index is -0.374. The van der Waals surface area contributed by atoms with Crippen LogP contribution in [0.4, 0.5) is 14.9 Å². The summed E-state index contributed by atoms with van der Waals surface area (Å²) in [6, 6.07) is 13.6. The van der Waals surface area contributed by atoms with Crippen molar-refractivity contribution in [1.29, 1.82) is 0 Å². The Morgan fingerprint density at radius 3 is 2.71 bits per heavy atom. The second kappa shape index (κ2) is 9.37. The van der Waals surface area contributed by atoms with Gasteiger partial charge in [0.2, 0.25) is 0 Å². The second-order valence-corrected chi connectivity index (χ2v) is 6.63. The van der Waals surface area contributed by atoms with Crippen molar-refractivity contribution in [1.82, 2.24) is 4.90 Å². The average Bonchev–Trinajstić information content (AvgIpc) is 3.01. The van der Waals surface area contributed by atoms with Crippen LogP contribution in [0, 0.1) is 5.82 Å². The molecular formula is C22H25FN2O3. The number of carbonyl (C=O) groups excluding carboxylic acids is 1. The van der Waals surface area contributed by atoms with Crippen LogP contribution in [0.15, 0.2) is 55.1 Å². The topological polar surface area (TPSA) is 42.0 Å². The Balaban J connectivity index is 1.85. The van der Waals surface area contributed by atoms with Crippen LogP contribution >= 0.6 is 0 Å². The third-order valence-electron chi connectivity index (χ3n) is 4.71. The summed E-state index contributed by atoms with van der Waals surface area (Å²) in [4.78, 5) is 16.6. The lowest BCUT2D eigenvalue weighted by Gasteiger charge is -2.30. The molecule has 0 radical (unpaired) electrons. The maximum absolute atomic E-state index is 13.8. The van der Waals surface area contributed by atoms with Crippen LogP contribution in [-0.4, -0.2) is 44.3 Å². The molecule has 1 saturated heterocycles. The number of halogens is 1. The number of carbonyl (C=O) groups is 1. The molecule has 0 spiro atoms. The average molecular weight is 384 g/mol. The number of hydrogen-bond donors (Lipinski definition) is 0. The molecule has 0 saturated carbocycles. The maximum atomic E-state index is 13.8. The highest BCUT2D eigenvalue weighted by Crippen LogP contribution is 2.22. The van der Waals surface area contributed by atoms with E-state index < -0.39 is 0 Å². The first-order valence-corrected chi connectivity index (χ1v) is 9.30. The molecule has 2 amide bonds. The fourth-order valence-electron chi connectivity index (χ4n) is 3.12. The number of benzene rings is 2. The third-order valence-corrected chi connectivity index (χ3v) is 4.71. The number of anilines is 1. The standard InChI is InChI=1S/C22H25FN2O3/c1-17(27-2)19-9-7-18(8-10-19)16-25(21-6-3-5-20(23)15-21)22(26)24-11-4-13-28-14-12-24/h3,5-10,15H,1,4,11-14,16H2,2H3. The Morgan fingerprint density at radius 1 is 1.21 bits per heavy atom. The summed E-state index contributed by atoms with van der Waals surface area (Å²) in [5.41, 5.74) is 2.33. The molecule has 148 valence electrons. The van der Waals surface area contributed by atoms with Crippen molar-refractivity contribution in [2.75, 3.05) is 38.3 Å².